The largest absolute Gasteiger partial charge is 0.338 e. The maximum Gasteiger partial charge on any atom is 0.258 e. The van der Waals surface area contributed by atoms with Gasteiger partial charge in [0.05, 0.1) is 10.6 Å². The Morgan fingerprint density at radius 1 is 1.43 bits per heavy atom. The van der Waals surface area contributed by atoms with Gasteiger partial charge in [-0.2, -0.15) is 4.98 Å². The molecule has 0 aliphatic carbocycles. The molecule has 0 radical (unpaired) electrons. The van der Waals surface area contributed by atoms with Crippen molar-refractivity contribution >= 4 is 17.5 Å². The van der Waals surface area contributed by atoms with E-state index in [0.29, 0.717) is 31.3 Å². The highest BCUT2D eigenvalue weighted by Crippen LogP contribution is 2.26. The summed E-state index contributed by atoms with van der Waals surface area (Å²) in [4.78, 5) is 20.5. The zero-order valence-electron chi connectivity index (χ0n) is 12.8. The summed E-state index contributed by atoms with van der Waals surface area (Å²) in [5, 5.41) is 3.90. The van der Waals surface area contributed by atoms with Gasteiger partial charge in [-0.1, -0.05) is 22.8 Å². The van der Waals surface area contributed by atoms with Crippen LogP contribution in [-0.2, 0) is 0 Å². The summed E-state index contributed by atoms with van der Waals surface area (Å²) in [6.07, 6.45) is 0. The van der Waals surface area contributed by atoms with Gasteiger partial charge in [-0.05, 0) is 26.1 Å². The topological polar surface area (TPSA) is 62.5 Å². The Kier molecular flexibility index (Phi) is 4.32. The molecule has 6 nitrogen and oxygen atoms in total. The molecule has 8 heteroatoms. The van der Waals surface area contributed by atoms with Gasteiger partial charge in [0.2, 0.25) is 5.89 Å². The first kappa shape index (κ1) is 15.9. The zero-order chi connectivity index (χ0) is 16.6. The van der Waals surface area contributed by atoms with E-state index in [4.69, 9.17) is 16.1 Å². The van der Waals surface area contributed by atoms with E-state index in [0.717, 1.165) is 0 Å². The summed E-state index contributed by atoms with van der Waals surface area (Å²) in [5.41, 5.74) is -0.0980. The van der Waals surface area contributed by atoms with E-state index >= 15 is 0 Å². The van der Waals surface area contributed by atoms with Crippen LogP contribution in [0.25, 0.3) is 0 Å². The van der Waals surface area contributed by atoms with Crippen LogP contribution >= 0.6 is 11.6 Å². The standard InChI is InChI=1S/C15H16ClFN4O2/c1-9-18-14(23-19-9)12-8-21(7-6-20(12)2)15(22)13-10(16)4-3-5-11(13)17/h3-5,12H,6-8H2,1-2H3/t12-/m0/s1. The lowest BCUT2D eigenvalue weighted by Gasteiger charge is -2.37. The van der Waals surface area contributed by atoms with Crippen molar-refractivity contribution in [2.75, 3.05) is 26.7 Å². The van der Waals surface area contributed by atoms with Crippen molar-refractivity contribution in [2.24, 2.45) is 0 Å². The van der Waals surface area contributed by atoms with Gasteiger partial charge in [0.1, 0.15) is 11.9 Å². The van der Waals surface area contributed by atoms with Gasteiger partial charge < -0.3 is 9.42 Å². The number of rotatable bonds is 2. The van der Waals surface area contributed by atoms with E-state index in [-0.39, 0.29) is 16.6 Å². The molecule has 1 amide bonds. The van der Waals surface area contributed by atoms with Crippen LogP contribution in [0.1, 0.15) is 28.1 Å². The third-order valence-corrected chi connectivity index (χ3v) is 4.26. The van der Waals surface area contributed by atoms with Gasteiger partial charge in [-0.15, -0.1) is 0 Å². The summed E-state index contributed by atoms with van der Waals surface area (Å²) >= 11 is 5.99. The minimum absolute atomic E-state index is 0.0980. The van der Waals surface area contributed by atoms with Crippen molar-refractivity contribution in [3.05, 3.63) is 46.3 Å². The Morgan fingerprint density at radius 3 is 2.87 bits per heavy atom. The molecule has 1 aliphatic rings. The summed E-state index contributed by atoms with van der Waals surface area (Å²) < 4.78 is 19.2. The Hall–Kier alpha value is -1.99. The van der Waals surface area contributed by atoms with Crippen molar-refractivity contribution < 1.29 is 13.7 Å². The molecule has 23 heavy (non-hydrogen) atoms. The van der Waals surface area contributed by atoms with Gasteiger partial charge in [0.25, 0.3) is 5.91 Å². The van der Waals surface area contributed by atoms with Crippen LogP contribution in [-0.4, -0.2) is 52.5 Å². The molecule has 0 unspecified atom stereocenters. The van der Waals surface area contributed by atoms with Crippen LogP contribution in [0.3, 0.4) is 0 Å². The Bertz CT molecular complexity index is 716. The number of halogens is 2. The number of hydrogen-bond acceptors (Lipinski definition) is 5. The molecule has 1 aromatic carbocycles. The van der Waals surface area contributed by atoms with Crippen LogP contribution in [0.15, 0.2) is 22.7 Å². The smallest absolute Gasteiger partial charge is 0.258 e. The van der Waals surface area contributed by atoms with Crippen molar-refractivity contribution in [3.8, 4) is 0 Å². The molecule has 2 heterocycles. The molecule has 1 atom stereocenters. The first-order valence-electron chi connectivity index (χ1n) is 7.21. The van der Waals surface area contributed by atoms with Gasteiger partial charge >= 0.3 is 0 Å². The number of carbonyl (C=O) groups excluding carboxylic acids is 1. The van der Waals surface area contributed by atoms with Gasteiger partial charge in [-0.3, -0.25) is 9.69 Å². The van der Waals surface area contributed by atoms with E-state index in [1.165, 1.54) is 18.2 Å². The van der Waals surface area contributed by atoms with E-state index in [1.54, 1.807) is 11.8 Å². The number of piperazine rings is 1. The van der Waals surface area contributed by atoms with Crippen molar-refractivity contribution in [2.45, 2.75) is 13.0 Å². The molecule has 122 valence electrons. The first-order valence-corrected chi connectivity index (χ1v) is 7.59. The molecular formula is C15H16ClFN4O2. The molecule has 1 fully saturated rings. The van der Waals surface area contributed by atoms with Crippen LogP contribution in [0, 0.1) is 12.7 Å². The van der Waals surface area contributed by atoms with Gasteiger partial charge in [0.15, 0.2) is 5.82 Å². The summed E-state index contributed by atoms with van der Waals surface area (Å²) in [7, 11) is 1.92. The summed E-state index contributed by atoms with van der Waals surface area (Å²) in [6, 6.07) is 3.99. The van der Waals surface area contributed by atoms with Crippen molar-refractivity contribution in [3.63, 3.8) is 0 Å². The zero-order valence-corrected chi connectivity index (χ0v) is 13.5. The number of hydrogen-bond donors (Lipinski definition) is 0. The summed E-state index contributed by atoms with van der Waals surface area (Å²) in [5.74, 6) is -0.0646. The van der Waals surface area contributed by atoms with E-state index < -0.39 is 11.7 Å². The van der Waals surface area contributed by atoms with Crippen LogP contribution in [0.4, 0.5) is 4.39 Å². The minimum Gasteiger partial charge on any atom is -0.338 e. The number of nitrogens with zero attached hydrogens (tertiary/aromatic N) is 4. The van der Waals surface area contributed by atoms with Gasteiger partial charge in [-0.25, -0.2) is 4.39 Å². The molecule has 1 aromatic heterocycles. The lowest BCUT2D eigenvalue weighted by atomic mass is 10.1. The fourth-order valence-electron chi connectivity index (χ4n) is 2.63. The number of likely N-dealkylation sites (N-methyl/N-ethyl adjacent to an activating group) is 1. The minimum atomic E-state index is -0.619. The first-order chi connectivity index (χ1) is 11.0. The predicted molar refractivity (Wildman–Crippen MR) is 81.7 cm³/mol. The lowest BCUT2D eigenvalue weighted by Crippen LogP contribution is -2.49. The molecule has 0 N–H and O–H groups in total. The molecule has 2 aromatic rings. The molecule has 0 spiro atoms. The van der Waals surface area contributed by atoms with Crippen molar-refractivity contribution in [1.82, 2.24) is 19.9 Å². The SMILES string of the molecule is Cc1noc([C@@H]2CN(C(=O)c3c(F)cccc3Cl)CCN2C)n1. The van der Waals surface area contributed by atoms with E-state index in [9.17, 15) is 9.18 Å². The number of aryl methyl sites for hydroxylation is 1. The predicted octanol–water partition coefficient (Wildman–Crippen LogP) is 2.30. The fourth-order valence-corrected chi connectivity index (χ4v) is 2.88. The highest BCUT2D eigenvalue weighted by Gasteiger charge is 2.33. The molecule has 0 bridgehead atoms. The molecule has 3 rings (SSSR count). The van der Waals surface area contributed by atoms with Crippen LogP contribution < -0.4 is 0 Å². The van der Waals surface area contributed by atoms with Crippen molar-refractivity contribution in [1.29, 1.82) is 0 Å². The third-order valence-electron chi connectivity index (χ3n) is 3.94. The lowest BCUT2D eigenvalue weighted by molar-refractivity contribution is 0.0485. The molecule has 1 aliphatic heterocycles. The molecule has 0 saturated carbocycles. The highest BCUT2D eigenvalue weighted by molar-refractivity contribution is 6.33. The van der Waals surface area contributed by atoms with E-state index in [2.05, 4.69) is 10.1 Å². The number of benzene rings is 1. The quantitative estimate of drug-likeness (QED) is 0.840. The second kappa shape index (κ2) is 6.25. The van der Waals surface area contributed by atoms with Gasteiger partial charge in [0, 0.05) is 19.6 Å². The number of carbonyl (C=O) groups is 1. The second-order valence-electron chi connectivity index (χ2n) is 5.52. The Labute approximate surface area is 137 Å². The summed E-state index contributed by atoms with van der Waals surface area (Å²) in [6.45, 7) is 3.16. The van der Waals surface area contributed by atoms with Crippen LogP contribution in [0.2, 0.25) is 5.02 Å². The Balaban J connectivity index is 1.85. The fraction of sp³-hybridized carbons (Fsp3) is 0.400. The maximum atomic E-state index is 14.0. The van der Waals surface area contributed by atoms with Crippen LogP contribution in [0.5, 0.6) is 0 Å². The molecular weight excluding hydrogens is 323 g/mol. The number of amides is 1. The third kappa shape index (κ3) is 3.07. The average molecular weight is 339 g/mol. The second-order valence-corrected chi connectivity index (χ2v) is 5.93. The molecule has 1 saturated heterocycles. The van der Waals surface area contributed by atoms with E-state index in [1.807, 2.05) is 11.9 Å². The number of aromatic nitrogens is 2. The maximum absolute atomic E-state index is 14.0. The normalized spacial score (nSPS) is 19.1. The highest BCUT2D eigenvalue weighted by atomic mass is 35.5. The Morgan fingerprint density at radius 2 is 2.22 bits per heavy atom. The average Bonchev–Trinajstić information content (AvgIpc) is 2.93. The monoisotopic (exact) mass is 338 g/mol.